The van der Waals surface area contributed by atoms with E-state index in [0.717, 1.165) is 23.2 Å². The zero-order valence-electron chi connectivity index (χ0n) is 11.3. The number of hydrogen-bond acceptors (Lipinski definition) is 3. The number of hydrogen-bond donors (Lipinski definition) is 1. The quantitative estimate of drug-likeness (QED) is 0.826. The zero-order chi connectivity index (χ0) is 13.7. The van der Waals surface area contributed by atoms with Crippen molar-refractivity contribution in [1.29, 1.82) is 0 Å². The highest BCUT2D eigenvalue weighted by molar-refractivity contribution is 9.10. The van der Waals surface area contributed by atoms with Gasteiger partial charge in [-0.1, -0.05) is 28.1 Å². The molecular weight excluding hydrogens is 320 g/mol. The highest BCUT2D eigenvalue weighted by Crippen LogP contribution is 2.23. The molecule has 0 radical (unpaired) electrons. The predicted molar refractivity (Wildman–Crippen MR) is 88.0 cm³/mol. The summed E-state index contributed by atoms with van der Waals surface area (Å²) in [5, 5.41) is 5.59. The van der Waals surface area contributed by atoms with Crippen molar-refractivity contribution < 1.29 is 0 Å². The molecule has 2 rings (SSSR count). The van der Waals surface area contributed by atoms with Crippen molar-refractivity contribution in [3.8, 4) is 0 Å². The molecule has 1 atom stereocenters. The van der Waals surface area contributed by atoms with Crippen LogP contribution in [-0.4, -0.2) is 25.0 Å². The molecule has 0 saturated carbocycles. The van der Waals surface area contributed by atoms with Gasteiger partial charge in [-0.25, -0.2) is 0 Å². The molecule has 0 spiro atoms. The molecule has 0 fully saturated rings. The third-order valence-electron chi connectivity index (χ3n) is 3.23. The maximum atomic E-state index is 3.48. The summed E-state index contributed by atoms with van der Waals surface area (Å²) in [7, 11) is 2.17. The van der Waals surface area contributed by atoms with Gasteiger partial charge in [-0.15, -0.1) is 11.3 Å². The van der Waals surface area contributed by atoms with Crippen LogP contribution in [0.3, 0.4) is 0 Å². The van der Waals surface area contributed by atoms with Crippen molar-refractivity contribution in [1.82, 2.24) is 4.90 Å². The summed E-state index contributed by atoms with van der Waals surface area (Å²) >= 11 is 5.31. The third-order valence-corrected chi connectivity index (χ3v) is 4.77. The van der Waals surface area contributed by atoms with Crippen LogP contribution in [0.25, 0.3) is 0 Å². The van der Waals surface area contributed by atoms with Gasteiger partial charge in [-0.2, -0.15) is 0 Å². The average Bonchev–Trinajstić information content (AvgIpc) is 2.91. The van der Waals surface area contributed by atoms with Crippen LogP contribution < -0.4 is 5.32 Å². The molecule has 0 aliphatic rings. The molecule has 102 valence electrons. The van der Waals surface area contributed by atoms with E-state index in [2.05, 4.69) is 69.8 Å². The van der Waals surface area contributed by atoms with Crippen LogP contribution in [0, 0.1) is 0 Å². The van der Waals surface area contributed by atoms with Gasteiger partial charge in [-0.05, 0) is 43.6 Å². The number of anilines is 1. The summed E-state index contributed by atoms with van der Waals surface area (Å²) in [6.07, 6.45) is 0. The van der Waals surface area contributed by atoms with Crippen LogP contribution in [0.2, 0.25) is 0 Å². The van der Waals surface area contributed by atoms with E-state index in [9.17, 15) is 0 Å². The molecule has 0 amide bonds. The number of likely N-dealkylation sites (N-methyl/N-ethyl adjacent to an activating group) is 1. The van der Waals surface area contributed by atoms with E-state index in [1.807, 2.05) is 23.5 Å². The van der Waals surface area contributed by atoms with Gasteiger partial charge in [0, 0.05) is 34.2 Å². The van der Waals surface area contributed by atoms with Gasteiger partial charge in [0.05, 0.1) is 0 Å². The Morgan fingerprint density at radius 1 is 1.32 bits per heavy atom. The molecule has 2 nitrogen and oxygen atoms in total. The molecular formula is C15H19BrN2S. The van der Waals surface area contributed by atoms with Gasteiger partial charge >= 0.3 is 0 Å². The Kier molecular flexibility index (Phi) is 5.43. The summed E-state index contributed by atoms with van der Waals surface area (Å²) in [4.78, 5) is 3.79. The first-order valence-electron chi connectivity index (χ1n) is 6.40. The second-order valence-corrected chi connectivity index (χ2v) is 6.50. The molecule has 1 N–H and O–H groups in total. The van der Waals surface area contributed by atoms with Gasteiger partial charge < -0.3 is 5.32 Å². The lowest BCUT2D eigenvalue weighted by atomic mass is 10.2. The van der Waals surface area contributed by atoms with Crippen LogP contribution in [0.15, 0.2) is 46.3 Å². The first-order chi connectivity index (χ1) is 9.16. The molecule has 4 heteroatoms. The van der Waals surface area contributed by atoms with E-state index >= 15 is 0 Å². The summed E-state index contributed by atoms with van der Waals surface area (Å²) < 4.78 is 1.11. The first-order valence-corrected chi connectivity index (χ1v) is 8.07. The van der Waals surface area contributed by atoms with Crippen molar-refractivity contribution in [2.24, 2.45) is 0 Å². The molecule has 1 aromatic carbocycles. The molecule has 1 aromatic heterocycles. The molecule has 19 heavy (non-hydrogen) atoms. The third kappa shape index (κ3) is 4.34. The molecule has 0 aliphatic heterocycles. The fraction of sp³-hybridized carbons (Fsp3) is 0.333. The van der Waals surface area contributed by atoms with E-state index in [1.165, 1.54) is 4.88 Å². The molecule has 0 bridgehead atoms. The fourth-order valence-corrected chi connectivity index (χ4v) is 3.16. The number of nitrogens with one attached hydrogen (secondary N) is 1. The molecule has 0 aliphatic carbocycles. The van der Waals surface area contributed by atoms with Crippen LogP contribution >= 0.6 is 27.3 Å². The minimum absolute atomic E-state index is 0.476. The molecule has 1 unspecified atom stereocenters. The second-order valence-electron chi connectivity index (χ2n) is 4.61. The molecule has 1 heterocycles. The van der Waals surface area contributed by atoms with E-state index in [1.54, 1.807) is 0 Å². The summed E-state index contributed by atoms with van der Waals surface area (Å²) in [6, 6.07) is 13.1. The summed E-state index contributed by atoms with van der Waals surface area (Å²) in [6.45, 7) is 4.22. The minimum Gasteiger partial charge on any atom is -0.384 e. The Morgan fingerprint density at radius 3 is 2.84 bits per heavy atom. The van der Waals surface area contributed by atoms with Crippen molar-refractivity contribution in [2.45, 2.75) is 13.0 Å². The number of rotatable bonds is 6. The zero-order valence-corrected chi connectivity index (χ0v) is 13.7. The second kappa shape index (κ2) is 7.08. The maximum absolute atomic E-state index is 3.48. The Bertz CT molecular complexity index is 499. The average molecular weight is 339 g/mol. The number of thiophene rings is 1. The minimum atomic E-state index is 0.476. The summed E-state index contributed by atoms with van der Waals surface area (Å²) in [5.74, 6) is 0. The Morgan fingerprint density at radius 2 is 2.16 bits per heavy atom. The predicted octanol–water partition coefficient (Wildman–Crippen LogP) is 4.62. The van der Waals surface area contributed by atoms with Gasteiger partial charge in [0.2, 0.25) is 0 Å². The molecule has 2 aromatic rings. The number of halogens is 1. The largest absolute Gasteiger partial charge is 0.384 e. The van der Waals surface area contributed by atoms with Crippen molar-refractivity contribution in [2.75, 3.05) is 25.5 Å². The maximum Gasteiger partial charge on any atom is 0.0411 e. The monoisotopic (exact) mass is 338 g/mol. The highest BCUT2D eigenvalue weighted by atomic mass is 79.9. The van der Waals surface area contributed by atoms with Crippen molar-refractivity contribution in [3.05, 3.63) is 51.1 Å². The van der Waals surface area contributed by atoms with E-state index in [4.69, 9.17) is 0 Å². The smallest absolute Gasteiger partial charge is 0.0411 e. The Balaban J connectivity index is 1.79. The summed E-state index contributed by atoms with van der Waals surface area (Å²) in [5.41, 5.74) is 1.16. The number of nitrogens with zero attached hydrogens (tertiary/aromatic N) is 1. The van der Waals surface area contributed by atoms with Crippen LogP contribution in [-0.2, 0) is 0 Å². The van der Waals surface area contributed by atoms with Crippen LogP contribution in [0.4, 0.5) is 5.69 Å². The molecule has 0 saturated heterocycles. The highest BCUT2D eigenvalue weighted by Gasteiger charge is 2.11. The van der Waals surface area contributed by atoms with Crippen molar-refractivity contribution >= 4 is 33.0 Å². The number of benzene rings is 1. The first kappa shape index (κ1) is 14.6. The topological polar surface area (TPSA) is 15.3 Å². The van der Waals surface area contributed by atoms with E-state index < -0.39 is 0 Å². The SMILES string of the molecule is CC(c1cccs1)N(C)CCNc1cccc(Br)c1. The lowest BCUT2D eigenvalue weighted by molar-refractivity contribution is 0.275. The van der Waals surface area contributed by atoms with Gasteiger partial charge in [-0.3, -0.25) is 4.90 Å². The normalized spacial score (nSPS) is 12.6. The van der Waals surface area contributed by atoms with E-state index in [0.29, 0.717) is 6.04 Å². The van der Waals surface area contributed by atoms with Gasteiger partial charge in [0.1, 0.15) is 0 Å². The fourth-order valence-electron chi connectivity index (χ4n) is 1.91. The van der Waals surface area contributed by atoms with Gasteiger partial charge in [0.15, 0.2) is 0 Å². The lowest BCUT2D eigenvalue weighted by Gasteiger charge is -2.24. The van der Waals surface area contributed by atoms with Crippen LogP contribution in [0.1, 0.15) is 17.8 Å². The standard InChI is InChI=1S/C15H19BrN2S/c1-12(15-7-4-10-19-15)18(2)9-8-17-14-6-3-5-13(16)11-14/h3-7,10-12,17H,8-9H2,1-2H3. The van der Waals surface area contributed by atoms with Crippen LogP contribution in [0.5, 0.6) is 0 Å². The van der Waals surface area contributed by atoms with Crippen molar-refractivity contribution in [3.63, 3.8) is 0 Å². The lowest BCUT2D eigenvalue weighted by Crippen LogP contribution is -2.27. The Hall–Kier alpha value is -0.840. The van der Waals surface area contributed by atoms with E-state index in [-0.39, 0.29) is 0 Å². The van der Waals surface area contributed by atoms with Gasteiger partial charge in [0.25, 0.3) is 0 Å². The Labute approximate surface area is 127 Å².